The van der Waals surface area contributed by atoms with Crippen molar-refractivity contribution in [3.8, 4) is 5.75 Å². The molecule has 2 aromatic carbocycles. The lowest BCUT2D eigenvalue weighted by Crippen LogP contribution is -2.52. The number of amides is 4. The molecule has 0 aliphatic carbocycles. The topological polar surface area (TPSA) is 105 Å². The van der Waals surface area contributed by atoms with Gasteiger partial charge in [-0.25, -0.2) is 0 Å². The van der Waals surface area contributed by atoms with Crippen molar-refractivity contribution in [3.63, 3.8) is 0 Å². The molecule has 2 unspecified atom stereocenters. The highest BCUT2D eigenvalue weighted by Crippen LogP contribution is 2.35. The molecule has 1 N–H and O–H groups in total. The Morgan fingerprint density at radius 3 is 2.44 bits per heavy atom. The zero-order valence-corrected chi connectivity index (χ0v) is 21.1. The monoisotopic (exact) mass is 513 g/mol. The summed E-state index contributed by atoms with van der Waals surface area (Å²) in [6.07, 6.45) is 0.371. The predicted molar refractivity (Wildman–Crippen MR) is 146 cm³/mol. The molecule has 4 amide bonds. The number of piperidine rings is 1. The summed E-state index contributed by atoms with van der Waals surface area (Å²) in [5.41, 5.74) is 1.86. The fourth-order valence-electron chi connectivity index (χ4n) is 5.15. The zero-order valence-electron chi connectivity index (χ0n) is 21.1. The minimum absolute atomic E-state index is 0.0353. The second-order valence-corrected chi connectivity index (χ2v) is 9.64. The van der Waals surface area contributed by atoms with Crippen LogP contribution in [0.3, 0.4) is 0 Å². The van der Waals surface area contributed by atoms with Crippen molar-refractivity contribution >= 4 is 84.7 Å². The third-order valence-electron chi connectivity index (χ3n) is 7.32. The van der Waals surface area contributed by atoms with Gasteiger partial charge >= 0.3 is 0 Å². The Labute approximate surface area is 232 Å². The van der Waals surface area contributed by atoms with Gasteiger partial charge in [0.25, 0.3) is 5.91 Å². The van der Waals surface area contributed by atoms with E-state index in [0.29, 0.717) is 35.6 Å². The largest absolute Gasteiger partial charge is 0.496 e. The lowest BCUT2D eigenvalue weighted by molar-refractivity contribution is -0.143. The highest BCUT2D eigenvalue weighted by atomic mass is 16.5. The third kappa shape index (κ3) is 4.90. The number of hydrogen-bond acceptors (Lipinski definition) is 6. The average Bonchev–Trinajstić information content (AvgIpc) is 3.23. The van der Waals surface area contributed by atoms with Crippen LogP contribution < -0.4 is 31.9 Å². The molecule has 0 spiro atoms. The van der Waals surface area contributed by atoms with Crippen molar-refractivity contribution in [2.45, 2.75) is 38.0 Å². The van der Waals surface area contributed by atoms with Gasteiger partial charge < -0.3 is 19.3 Å². The minimum atomic E-state index is -1.21. The van der Waals surface area contributed by atoms with Crippen LogP contribution in [-0.4, -0.2) is 98.5 Å². The first-order valence-electron chi connectivity index (χ1n) is 12.4. The molecule has 2 atom stereocenters. The maximum Gasteiger partial charge on any atom is 0.255 e. The number of nitrogens with zero attached hydrogens (tertiary/aromatic N) is 2. The maximum atomic E-state index is 13.1. The number of morpholine rings is 1. The number of benzene rings is 2. The van der Waals surface area contributed by atoms with E-state index in [2.05, 4.69) is 5.32 Å². The second-order valence-electron chi connectivity index (χ2n) is 9.64. The Kier molecular flexibility index (Phi) is 7.42. The first kappa shape index (κ1) is 27.2. The van der Waals surface area contributed by atoms with E-state index in [4.69, 9.17) is 48.7 Å². The van der Waals surface area contributed by atoms with Crippen molar-refractivity contribution in [3.05, 3.63) is 40.5 Å². The Hall–Kier alpha value is -3.40. The summed E-state index contributed by atoms with van der Waals surface area (Å²) in [6, 6.07) is 2.91. The molecule has 39 heavy (non-hydrogen) atoms. The van der Waals surface area contributed by atoms with E-state index in [1.807, 2.05) is 0 Å². The van der Waals surface area contributed by atoms with Crippen molar-refractivity contribution in [1.29, 1.82) is 0 Å². The smallest absolute Gasteiger partial charge is 0.255 e. The van der Waals surface area contributed by atoms with Crippen LogP contribution in [0.15, 0.2) is 18.2 Å². The SMILES string of the molecule is [B]c1c([B])c(C([B])Oc2cccc3c2CN(C2CCC(=O)NC2=O)C3=O)c([B])c([B])c1CN1CCOCC1=O. The van der Waals surface area contributed by atoms with Crippen LogP contribution >= 0.6 is 0 Å². The molecule has 186 valence electrons. The van der Waals surface area contributed by atoms with Crippen LogP contribution in [-0.2, 0) is 32.2 Å². The maximum absolute atomic E-state index is 13.1. The summed E-state index contributed by atoms with van der Waals surface area (Å²) in [5, 5.41) is 2.28. The van der Waals surface area contributed by atoms with Crippen molar-refractivity contribution in [2.24, 2.45) is 0 Å². The molecule has 2 fully saturated rings. The zero-order chi connectivity index (χ0) is 28.0. The van der Waals surface area contributed by atoms with E-state index >= 15 is 0 Å². The van der Waals surface area contributed by atoms with E-state index in [-0.39, 0.29) is 77.7 Å². The van der Waals surface area contributed by atoms with Crippen molar-refractivity contribution < 1.29 is 28.7 Å². The van der Waals surface area contributed by atoms with Gasteiger partial charge in [0.1, 0.15) is 57.6 Å². The van der Waals surface area contributed by atoms with Crippen LogP contribution in [0.2, 0.25) is 0 Å². The molecule has 2 aromatic rings. The number of fused-ring (bicyclic) bond motifs is 1. The van der Waals surface area contributed by atoms with Crippen LogP contribution in [0.5, 0.6) is 5.75 Å². The number of carbonyl (C=O) groups excluding carboxylic acids is 4. The summed E-state index contributed by atoms with van der Waals surface area (Å²) in [7, 11) is 31.7. The van der Waals surface area contributed by atoms with Crippen LogP contribution in [0.1, 0.15) is 45.9 Å². The molecule has 3 aliphatic rings. The number of carbonyl (C=O) groups is 4. The highest BCUT2D eigenvalue weighted by molar-refractivity contribution is 6.58. The van der Waals surface area contributed by atoms with E-state index in [9.17, 15) is 19.2 Å². The van der Waals surface area contributed by atoms with E-state index in [1.165, 1.54) is 4.90 Å². The predicted octanol–water partition coefficient (Wildman–Crippen LogP) is -3.77. The molecule has 0 saturated carbocycles. The van der Waals surface area contributed by atoms with E-state index < -0.39 is 18.0 Å². The summed E-state index contributed by atoms with van der Waals surface area (Å²) >= 11 is 0. The van der Waals surface area contributed by atoms with Gasteiger partial charge in [0.2, 0.25) is 17.7 Å². The molecular weight excluding hydrogens is 492 g/mol. The number of hydrogen-bond donors (Lipinski definition) is 1. The van der Waals surface area contributed by atoms with Gasteiger partial charge in [-0.1, -0.05) is 27.9 Å². The first-order chi connectivity index (χ1) is 18.6. The molecule has 2 saturated heterocycles. The number of nitrogens with one attached hydrogen (secondary N) is 1. The molecule has 10 radical (unpaired) electrons. The minimum Gasteiger partial charge on any atom is -0.496 e. The summed E-state index contributed by atoms with van der Waals surface area (Å²) in [5.74, 6) is -1.15. The number of ether oxygens (including phenoxy) is 2. The Morgan fingerprint density at radius 1 is 1.05 bits per heavy atom. The van der Waals surface area contributed by atoms with E-state index in [0.717, 1.165) is 0 Å². The number of rotatable bonds is 6. The lowest BCUT2D eigenvalue weighted by Gasteiger charge is -2.32. The third-order valence-corrected chi connectivity index (χ3v) is 7.32. The molecule has 5 rings (SSSR count). The van der Waals surface area contributed by atoms with Gasteiger partial charge in [0.15, 0.2) is 0 Å². The van der Waals surface area contributed by atoms with Crippen LogP contribution in [0.25, 0.3) is 0 Å². The Balaban J connectivity index is 1.40. The molecule has 3 heterocycles. The normalized spacial score (nSPS) is 20.2. The van der Waals surface area contributed by atoms with Gasteiger partial charge in [0.05, 0.1) is 19.2 Å². The first-order valence-corrected chi connectivity index (χ1v) is 12.4. The van der Waals surface area contributed by atoms with E-state index in [1.54, 1.807) is 23.1 Å². The van der Waals surface area contributed by atoms with Crippen molar-refractivity contribution in [2.75, 3.05) is 19.8 Å². The summed E-state index contributed by atoms with van der Waals surface area (Å²) in [4.78, 5) is 52.2. The molecule has 3 aliphatic heterocycles. The fourth-order valence-corrected chi connectivity index (χ4v) is 5.15. The summed E-state index contributed by atoms with van der Waals surface area (Å²) < 4.78 is 11.2. The van der Waals surface area contributed by atoms with Gasteiger partial charge in [0, 0.05) is 30.6 Å². The average molecular weight is 513 g/mol. The van der Waals surface area contributed by atoms with Gasteiger partial charge in [-0.05, 0) is 29.7 Å². The van der Waals surface area contributed by atoms with Crippen LogP contribution in [0, 0.1) is 0 Å². The van der Waals surface area contributed by atoms with Gasteiger partial charge in [-0.2, -0.15) is 0 Å². The summed E-state index contributed by atoms with van der Waals surface area (Å²) in [6.45, 7) is 0.917. The Bertz CT molecular complexity index is 1370. The standard InChI is InChI=1S/C25H20B5N3O6/c26-19-13(8-32-6-7-38-10-17(32)35)20(27)22(29)18(21(19)28)23(30)39-15-3-1-2-11-12(15)9-33(25(11)37)14-4-5-16(34)31-24(14)36/h1-3,14,23H,4-10H2,(H,31,34,36). The fraction of sp³-hybridized carbons (Fsp3) is 0.360. The van der Waals surface area contributed by atoms with Crippen molar-refractivity contribution in [1.82, 2.24) is 15.1 Å². The molecule has 0 bridgehead atoms. The molecule has 0 aromatic heterocycles. The van der Waals surface area contributed by atoms with Gasteiger partial charge in [-0.15, -0.1) is 0 Å². The molecule has 14 heteroatoms. The quantitative estimate of drug-likeness (QED) is 0.315. The lowest BCUT2D eigenvalue weighted by atomic mass is 9.62. The second kappa shape index (κ2) is 10.6. The van der Waals surface area contributed by atoms with Gasteiger partial charge in [-0.3, -0.25) is 24.5 Å². The molecule has 9 nitrogen and oxygen atoms in total. The molecular formula is C25H20B5N3O6. The highest BCUT2D eigenvalue weighted by Gasteiger charge is 2.40. The number of imide groups is 1. The van der Waals surface area contributed by atoms with Crippen LogP contribution in [0.4, 0.5) is 0 Å². The Morgan fingerprint density at radius 2 is 1.77 bits per heavy atom.